The standard InChI is InChI=1S/C12H22N2O4/c1-18-7-4-10(12(16)17)14-11(15)8-9-2-5-13-6-3-9/h9-10,13H,2-8H2,1H3,(H,14,15)(H,16,17). The Morgan fingerprint density at radius 1 is 1.44 bits per heavy atom. The summed E-state index contributed by atoms with van der Waals surface area (Å²) >= 11 is 0. The highest BCUT2D eigenvalue weighted by Gasteiger charge is 2.22. The van der Waals surface area contributed by atoms with Crippen LogP contribution >= 0.6 is 0 Å². The van der Waals surface area contributed by atoms with E-state index in [1.807, 2.05) is 0 Å². The van der Waals surface area contributed by atoms with Crippen LogP contribution in [0.1, 0.15) is 25.7 Å². The van der Waals surface area contributed by atoms with Crippen LogP contribution in [-0.2, 0) is 14.3 Å². The third kappa shape index (κ3) is 5.46. The summed E-state index contributed by atoms with van der Waals surface area (Å²) in [6.45, 7) is 2.19. The minimum atomic E-state index is -1.01. The molecular weight excluding hydrogens is 236 g/mol. The quantitative estimate of drug-likeness (QED) is 0.597. The zero-order valence-electron chi connectivity index (χ0n) is 10.8. The number of hydrogen-bond acceptors (Lipinski definition) is 4. The molecule has 6 nitrogen and oxygen atoms in total. The second-order valence-corrected chi connectivity index (χ2v) is 4.64. The molecule has 1 heterocycles. The van der Waals surface area contributed by atoms with E-state index in [0.717, 1.165) is 25.9 Å². The summed E-state index contributed by atoms with van der Waals surface area (Å²) in [5, 5.41) is 14.8. The Hall–Kier alpha value is -1.14. The van der Waals surface area contributed by atoms with Crippen LogP contribution in [0.5, 0.6) is 0 Å². The molecule has 104 valence electrons. The topological polar surface area (TPSA) is 87.7 Å². The summed E-state index contributed by atoms with van der Waals surface area (Å²) in [4.78, 5) is 22.7. The van der Waals surface area contributed by atoms with E-state index in [1.54, 1.807) is 0 Å². The fourth-order valence-electron chi connectivity index (χ4n) is 2.09. The first-order valence-electron chi connectivity index (χ1n) is 6.35. The van der Waals surface area contributed by atoms with Crippen LogP contribution in [0.4, 0.5) is 0 Å². The highest BCUT2D eigenvalue weighted by Crippen LogP contribution is 2.15. The normalized spacial score (nSPS) is 18.3. The van der Waals surface area contributed by atoms with Crippen LogP contribution in [-0.4, -0.2) is 49.8 Å². The smallest absolute Gasteiger partial charge is 0.326 e. The molecule has 0 bridgehead atoms. The zero-order valence-corrected chi connectivity index (χ0v) is 10.8. The van der Waals surface area contributed by atoms with Gasteiger partial charge in [0.15, 0.2) is 0 Å². The Labute approximate surface area is 107 Å². The van der Waals surface area contributed by atoms with Crippen molar-refractivity contribution in [2.24, 2.45) is 5.92 Å². The maximum absolute atomic E-state index is 11.8. The van der Waals surface area contributed by atoms with Crippen molar-refractivity contribution in [3.8, 4) is 0 Å². The number of ether oxygens (including phenoxy) is 1. The molecule has 1 rings (SSSR count). The van der Waals surface area contributed by atoms with Crippen molar-refractivity contribution < 1.29 is 19.4 Å². The molecule has 0 saturated carbocycles. The average Bonchev–Trinajstić information content (AvgIpc) is 2.35. The van der Waals surface area contributed by atoms with E-state index in [4.69, 9.17) is 9.84 Å². The molecule has 1 aliphatic rings. The Balaban J connectivity index is 2.32. The Bertz CT molecular complexity index is 277. The number of carbonyl (C=O) groups excluding carboxylic acids is 1. The van der Waals surface area contributed by atoms with Crippen molar-refractivity contribution in [2.75, 3.05) is 26.8 Å². The molecule has 1 atom stereocenters. The van der Waals surface area contributed by atoms with Crippen LogP contribution in [0.15, 0.2) is 0 Å². The molecule has 0 aromatic rings. The van der Waals surface area contributed by atoms with Gasteiger partial charge in [-0.25, -0.2) is 4.79 Å². The largest absolute Gasteiger partial charge is 0.480 e. The summed E-state index contributed by atoms with van der Waals surface area (Å²) in [6.07, 6.45) is 2.66. The number of hydrogen-bond donors (Lipinski definition) is 3. The number of nitrogens with one attached hydrogen (secondary N) is 2. The van der Waals surface area contributed by atoms with Gasteiger partial charge in [-0.15, -0.1) is 0 Å². The van der Waals surface area contributed by atoms with Crippen LogP contribution in [0, 0.1) is 5.92 Å². The van der Waals surface area contributed by atoms with Crippen LogP contribution in [0.25, 0.3) is 0 Å². The fourth-order valence-corrected chi connectivity index (χ4v) is 2.09. The first kappa shape index (κ1) is 14.9. The molecule has 0 aromatic heterocycles. The minimum absolute atomic E-state index is 0.176. The van der Waals surface area contributed by atoms with Crippen LogP contribution < -0.4 is 10.6 Å². The van der Waals surface area contributed by atoms with Gasteiger partial charge < -0.3 is 20.5 Å². The van der Waals surface area contributed by atoms with Gasteiger partial charge in [-0.05, 0) is 31.8 Å². The number of rotatable bonds is 7. The van der Waals surface area contributed by atoms with Crippen LogP contribution in [0.2, 0.25) is 0 Å². The van der Waals surface area contributed by atoms with Crippen molar-refractivity contribution in [3.05, 3.63) is 0 Å². The summed E-state index contributed by atoms with van der Waals surface area (Å²) < 4.78 is 4.83. The summed E-state index contributed by atoms with van der Waals surface area (Å²) in [7, 11) is 1.51. The number of carboxylic acids is 1. The SMILES string of the molecule is COCCC(NC(=O)CC1CCNCC1)C(=O)O. The van der Waals surface area contributed by atoms with Gasteiger partial charge in [0, 0.05) is 26.6 Å². The second kappa shape index (κ2) is 8.05. The van der Waals surface area contributed by atoms with Crippen molar-refractivity contribution in [3.63, 3.8) is 0 Å². The molecular formula is C12H22N2O4. The lowest BCUT2D eigenvalue weighted by atomic mass is 9.94. The molecule has 0 radical (unpaired) electrons. The fraction of sp³-hybridized carbons (Fsp3) is 0.833. The molecule has 18 heavy (non-hydrogen) atoms. The highest BCUT2D eigenvalue weighted by atomic mass is 16.5. The van der Waals surface area contributed by atoms with Gasteiger partial charge in [-0.1, -0.05) is 0 Å². The van der Waals surface area contributed by atoms with Crippen LogP contribution in [0.3, 0.4) is 0 Å². The molecule has 1 unspecified atom stereocenters. The first-order valence-corrected chi connectivity index (χ1v) is 6.35. The van der Waals surface area contributed by atoms with Gasteiger partial charge in [0.05, 0.1) is 0 Å². The number of piperidine rings is 1. The van der Waals surface area contributed by atoms with Crippen molar-refractivity contribution >= 4 is 11.9 Å². The number of aliphatic carboxylic acids is 1. The lowest BCUT2D eigenvalue weighted by Crippen LogP contribution is -2.42. The maximum atomic E-state index is 11.8. The lowest BCUT2D eigenvalue weighted by Gasteiger charge is -2.23. The summed E-state index contributed by atoms with van der Waals surface area (Å²) in [6, 6.07) is -0.848. The lowest BCUT2D eigenvalue weighted by molar-refractivity contribution is -0.142. The average molecular weight is 258 g/mol. The third-order valence-corrected chi connectivity index (χ3v) is 3.18. The zero-order chi connectivity index (χ0) is 13.4. The van der Waals surface area contributed by atoms with E-state index >= 15 is 0 Å². The Morgan fingerprint density at radius 2 is 2.11 bits per heavy atom. The Kier molecular flexibility index (Phi) is 6.67. The van der Waals surface area contributed by atoms with Crippen molar-refractivity contribution in [1.82, 2.24) is 10.6 Å². The number of carbonyl (C=O) groups is 2. The predicted octanol–water partition coefficient (Wildman–Crippen LogP) is -0.0180. The second-order valence-electron chi connectivity index (χ2n) is 4.64. The molecule has 6 heteroatoms. The number of amides is 1. The van der Waals surface area contributed by atoms with Crippen molar-refractivity contribution in [1.29, 1.82) is 0 Å². The monoisotopic (exact) mass is 258 g/mol. The maximum Gasteiger partial charge on any atom is 0.326 e. The van der Waals surface area contributed by atoms with E-state index < -0.39 is 12.0 Å². The van der Waals surface area contributed by atoms with Gasteiger partial charge in [-0.3, -0.25) is 4.79 Å². The number of methoxy groups -OCH3 is 1. The third-order valence-electron chi connectivity index (χ3n) is 3.18. The molecule has 1 fully saturated rings. The highest BCUT2D eigenvalue weighted by molar-refractivity contribution is 5.83. The minimum Gasteiger partial charge on any atom is -0.480 e. The number of carboxylic acid groups (broad SMARTS) is 1. The van der Waals surface area contributed by atoms with Crippen molar-refractivity contribution in [2.45, 2.75) is 31.7 Å². The molecule has 0 aromatic carbocycles. The van der Waals surface area contributed by atoms with E-state index in [-0.39, 0.29) is 5.91 Å². The van der Waals surface area contributed by atoms with Gasteiger partial charge in [-0.2, -0.15) is 0 Å². The molecule has 3 N–H and O–H groups in total. The molecule has 0 spiro atoms. The van der Waals surface area contributed by atoms with Gasteiger partial charge in [0.1, 0.15) is 6.04 Å². The molecule has 1 aliphatic heterocycles. The molecule has 0 aliphatic carbocycles. The van der Waals surface area contributed by atoms with E-state index in [0.29, 0.717) is 25.4 Å². The summed E-state index contributed by atoms with van der Waals surface area (Å²) in [5.41, 5.74) is 0. The van der Waals surface area contributed by atoms with Gasteiger partial charge in [0.25, 0.3) is 0 Å². The van der Waals surface area contributed by atoms with E-state index in [9.17, 15) is 9.59 Å². The first-order chi connectivity index (χ1) is 8.63. The predicted molar refractivity (Wildman–Crippen MR) is 66.3 cm³/mol. The van der Waals surface area contributed by atoms with E-state index in [2.05, 4.69) is 10.6 Å². The summed E-state index contributed by atoms with van der Waals surface area (Å²) in [5.74, 6) is -0.820. The molecule has 1 amide bonds. The Morgan fingerprint density at radius 3 is 2.67 bits per heavy atom. The van der Waals surface area contributed by atoms with Gasteiger partial charge in [0.2, 0.25) is 5.91 Å². The molecule has 1 saturated heterocycles. The van der Waals surface area contributed by atoms with Gasteiger partial charge >= 0.3 is 5.97 Å². The van der Waals surface area contributed by atoms with E-state index in [1.165, 1.54) is 7.11 Å².